The summed E-state index contributed by atoms with van der Waals surface area (Å²) >= 11 is 1.14. The van der Waals surface area contributed by atoms with Gasteiger partial charge in [0.25, 0.3) is 5.22 Å². The van der Waals surface area contributed by atoms with Crippen LogP contribution in [0.1, 0.15) is 5.56 Å². The molecule has 0 aliphatic rings. The second-order valence-corrected chi connectivity index (χ2v) is 6.22. The van der Waals surface area contributed by atoms with Crippen LogP contribution in [0, 0.1) is 5.82 Å². The van der Waals surface area contributed by atoms with Gasteiger partial charge in [-0.15, -0.1) is 10.2 Å². The largest absolute Gasteiger partial charge is 0.497 e. The molecule has 0 saturated carbocycles. The van der Waals surface area contributed by atoms with Gasteiger partial charge in [0.2, 0.25) is 11.8 Å². The van der Waals surface area contributed by atoms with Crippen molar-refractivity contribution in [1.82, 2.24) is 15.5 Å². The predicted octanol–water partition coefficient (Wildman–Crippen LogP) is 3.29. The number of hydrogen-bond acceptors (Lipinski definition) is 6. The molecule has 0 atom stereocenters. The zero-order valence-corrected chi connectivity index (χ0v) is 14.8. The Bertz CT molecular complexity index is 883. The first-order valence-electron chi connectivity index (χ1n) is 7.76. The van der Waals surface area contributed by atoms with Crippen molar-refractivity contribution in [3.8, 4) is 17.2 Å². The zero-order valence-electron chi connectivity index (χ0n) is 13.9. The molecule has 0 spiro atoms. The number of rotatable bonds is 7. The molecule has 8 heteroatoms. The number of methoxy groups -OCH3 is 1. The first-order valence-corrected chi connectivity index (χ1v) is 8.74. The van der Waals surface area contributed by atoms with Gasteiger partial charge in [0.05, 0.1) is 12.9 Å². The number of halogens is 1. The maximum absolute atomic E-state index is 12.9. The standard InChI is InChI=1S/C18H16FN3O3S/c1-24-15-4-2-3-12(9-15)10-20-16(23)11-26-18-22-21-17(25-18)13-5-7-14(19)8-6-13/h2-9H,10-11H2,1H3,(H,20,23). The van der Waals surface area contributed by atoms with Crippen LogP contribution in [-0.4, -0.2) is 29.0 Å². The van der Waals surface area contributed by atoms with E-state index in [4.69, 9.17) is 9.15 Å². The number of carbonyl (C=O) groups excluding carboxylic acids is 1. The fourth-order valence-electron chi connectivity index (χ4n) is 2.14. The number of ether oxygens (including phenoxy) is 1. The highest BCUT2D eigenvalue weighted by molar-refractivity contribution is 7.99. The lowest BCUT2D eigenvalue weighted by Crippen LogP contribution is -2.24. The topological polar surface area (TPSA) is 77.2 Å². The van der Waals surface area contributed by atoms with Crippen LogP contribution in [0.4, 0.5) is 4.39 Å². The third-order valence-electron chi connectivity index (χ3n) is 3.45. The minimum absolute atomic E-state index is 0.148. The van der Waals surface area contributed by atoms with Crippen LogP contribution in [0.25, 0.3) is 11.5 Å². The third-order valence-corrected chi connectivity index (χ3v) is 4.27. The summed E-state index contributed by atoms with van der Waals surface area (Å²) in [7, 11) is 1.60. The Morgan fingerprint density at radius 2 is 2.04 bits per heavy atom. The van der Waals surface area contributed by atoms with E-state index < -0.39 is 0 Å². The molecule has 0 aliphatic carbocycles. The van der Waals surface area contributed by atoms with E-state index in [1.165, 1.54) is 12.1 Å². The molecule has 1 aromatic heterocycles. The van der Waals surface area contributed by atoms with Gasteiger partial charge in [0, 0.05) is 12.1 Å². The third kappa shape index (κ3) is 4.82. The molecule has 0 unspecified atom stereocenters. The summed E-state index contributed by atoms with van der Waals surface area (Å²) < 4.78 is 23.6. The molecule has 1 amide bonds. The van der Waals surface area contributed by atoms with E-state index >= 15 is 0 Å². The van der Waals surface area contributed by atoms with Gasteiger partial charge >= 0.3 is 0 Å². The molecule has 2 aromatic carbocycles. The summed E-state index contributed by atoms with van der Waals surface area (Å²) in [6, 6.07) is 13.2. The van der Waals surface area contributed by atoms with Gasteiger partial charge in [-0.2, -0.15) is 0 Å². The number of hydrogen-bond donors (Lipinski definition) is 1. The minimum Gasteiger partial charge on any atom is -0.497 e. The van der Waals surface area contributed by atoms with Gasteiger partial charge in [-0.3, -0.25) is 4.79 Å². The van der Waals surface area contributed by atoms with E-state index in [0.29, 0.717) is 12.1 Å². The zero-order chi connectivity index (χ0) is 18.4. The molecule has 3 aromatic rings. The molecule has 26 heavy (non-hydrogen) atoms. The number of benzene rings is 2. The average Bonchev–Trinajstić information content (AvgIpc) is 3.14. The van der Waals surface area contributed by atoms with Crippen molar-refractivity contribution in [2.24, 2.45) is 0 Å². The number of nitrogens with one attached hydrogen (secondary N) is 1. The van der Waals surface area contributed by atoms with Crippen molar-refractivity contribution in [2.45, 2.75) is 11.8 Å². The van der Waals surface area contributed by atoms with Crippen LogP contribution in [-0.2, 0) is 11.3 Å². The molecule has 0 fully saturated rings. The Morgan fingerprint density at radius 1 is 1.23 bits per heavy atom. The van der Waals surface area contributed by atoms with E-state index in [1.807, 2.05) is 24.3 Å². The summed E-state index contributed by atoms with van der Waals surface area (Å²) in [5.41, 5.74) is 1.56. The monoisotopic (exact) mass is 373 g/mol. The van der Waals surface area contributed by atoms with E-state index in [1.54, 1.807) is 19.2 Å². The molecule has 3 rings (SSSR count). The molecular weight excluding hydrogens is 357 g/mol. The van der Waals surface area contributed by atoms with Crippen molar-refractivity contribution in [2.75, 3.05) is 12.9 Å². The number of carbonyl (C=O) groups is 1. The first-order chi connectivity index (χ1) is 12.6. The molecule has 6 nitrogen and oxygen atoms in total. The summed E-state index contributed by atoms with van der Waals surface area (Å²) in [5.74, 6) is 0.680. The van der Waals surface area contributed by atoms with Gasteiger partial charge in [-0.25, -0.2) is 4.39 Å². The van der Waals surface area contributed by atoms with E-state index in [-0.39, 0.29) is 28.6 Å². The summed E-state index contributed by atoms with van der Waals surface area (Å²) in [5, 5.41) is 10.9. The summed E-state index contributed by atoms with van der Waals surface area (Å²) in [6.07, 6.45) is 0. The van der Waals surface area contributed by atoms with Crippen LogP contribution >= 0.6 is 11.8 Å². The van der Waals surface area contributed by atoms with Crippen molar-refractivity contribution >= 4 is 17.7 Å². The van der Waals surface area contributed by atoms with Gasteiger partial charge in [-0.05, 0) is 42.0 Å². The SMILES string of the molecule is COc1cccc(CNC(=O)CSc2nnc(-c3ccc(F)cc3)o2)c1. The Morgan fingerprint density at radius 3 is 2.81 bits per heavy atom. The lowest BCUT2D eigenvalue weighted by molar-refractivity contribution is -0.118. The Labute approximate surface area is 153 Å². The number of thioether (sulfide) groups is 1. The molecule has 0 bridgehead atoms. The Hall–Kier alpha value is -2.87. The highest BCUT2D eigenvalue weighted by Gasteiger charge is 2.11. The second-order valence-electron chi connectivity index (χ2n) is 5.30. The van der Waals surface area contributed by atoms with E-state index in [9.17, 15) is 9.18 Å². The molecule has 0 radical (unpaired) electrons. The summed E-state index contributed by atoms with van der Waals surface area (Å²) in [6.45, 7) is 0.404. The molecule has 0 aliphatic heterocycles. The number of nitrogens with zero attached hydrogens (tertiary/aromatic N) is 2. The van der Waals surface area contributed by atoms with Crippen molar-refractivity contribution < 1.29 is 18.3 Å². The molecular formula is C18H16FN3O3S. The fraction of sp³-hybridized carbons (Fsp3) is 0.167. The fourth-order valence-corrected chi connectivity index (χ4v) is 2.73. The Kier molecular flexibility index (Phi) is 5.85. The first kappa shape index (κ1) is 17.9. The lowest BCUT2D eigenvalue weighted by atomic mass is 10.2. The van der Waals surface area contributed by atoms with Crippen molar-refractivity contribution in [3.05, 3.63) is 59.9 Å². The molecule has 1 N–H and O–H groups in total. The second kappa shape index (κ2) is 8.48. The highest BCUT2D eigenvalue weighted by Crippen LogP contribution is 2.23. The maximum atomic E-state index is 12.9. The van der Waals surface area contributed by atoms with E-state index in [0.717, 1.165) is 23.1 Å². The lowest BCUT2D eigenvalue weighted by Gasteiger charge is -2.06. The number of aromatic nitrogens is 2. The number of amides is 1. The van der Waals surface area contributed by atoms with Crippen LogP contribution < -0.4 is 10.1 Å². The van der Waals surface area contributed by atoms with Gasteiger partial charge in [0.1, 0.15) is 11.6 Å². The van der Waals surface area contributed by atoms with Crippen LogP contribution in [0.2, 0.25) is 0 Å². The van der Waals surface area contributed by atoms with Gasteiger partial charge < -0.3 is 14.5 Å². The minimum atomic E-state index is -0.337. The highest BCUT2D eigenvalue weighted by atomic mass is 32.2. The molecule has 0 saturated heterocycles. The molecule has 134 valence electrons. The van der Waals surface area contributed by atoms with Gasteiger partial charge in [0.15, 0.2) is 0 Å². The van der Waals surface area contributed by atoms with E-state index in [2.05, 4.69) is 15.5 Å². The quantitative estimate of drug-likeness (QED) is 0.641. The molecule has 1 heterocycles. The van der Waals surface area contributed by atoms with Crippen molar-refractivity contribution in [3.63, 3.8) is 0 Å². The van der Waals surface area contributed by atoms with Crippen molar-refractivity contribution in [1.29, 1.82) is 0 Å². The summed E-state index contributed by atoms with van der Waals surface area (Å²) in [4.78, 5) is 12.0. The maximum Gasteiger partial charge on any atom is 0.277 e. The van der Waals surface area contributed by atoms with Crippen LogP contribution in [0.3, 0.4) is 0 Å². The van der Waals surface area contributed by atoms with Gasteiger partial charge in [-0.1, -0.05) is 23.9 Å². The van der Waals surface area contributed by atoms with Crippen LogP contribution in [0.5, 0.6) is 5.75 Å². The average molecular weight is 373 g/mol. The smallest absolute Gasteiger partial charge is 0.277 e. The van der Waals surface area contributed by atoms with Crippen LogP contribution in [0.15, 0.2) is 58.2 Å². The Balaban J connectivity index is 1.49. The normalized spacial score (nSPS) is 10.5. The predicted molar refractivity (Wildman–Crippen MR) is 95.3 cm³/mol.